The molecule has 18 heavy (non-hydrogen) atoms. The Morgan fingerprint density at radius 1 is 1.50 bits per heavy atom. The van der Waals surface area contributed by atoms with E-state index in [1.54, 1.807) is 0 Å². The Morgan fingerprint density at radius 2 is 2.11 bits per heavy atom. The van der Waals surface area contributed by atoms with Crippen LogP contribution in [0.25, 0.3) is 0 Å². The van der Waals surface area contributed by atoms with Crippen molar-refractivity contribution < 1.29 is 26.3 Å². The number of halogens is 4. The van der Waals surface area contributed by atoms with Gasteiger partial charge >= 0.3 is 6.18 Å². The maximum absolute atomic E-state index is 12.1. The minimum Gasteiger partial charge on any atom is -0.378 e. The standard InChI is InChI=1S/C8H10ClF3N2O3S/c1-17-5-6-7(18(9,15)16)4-13-14(6)3-2-8(10,11)12/h4H,2-3,5H2,1H3. The van der Waals surface area contributed by atoms with E-state index in [4.69, 9.17) is 15.4 Å². The van der Waals surface area contributed by atoms with E-state index in [0.717, 1.165) is 10.9 Å². The first-order chi connectivity index (χ1) is 8.15. The highest BCUT2D eigenvalue weighted by Gasteiger charge is 2.28. The number of rotatable bonds is 5. The van der Waals surface area contributed by atoms with E-state index in [1.807, 2.05) is 0 Å². The molecule has 1 aromatic rings. The maximum atomic E-state index is 12.1. The van der Waals surface area contributed by atoms with Gasteiger partial charge in [0.25, 0.3) is 9.05 Å². The SMILES string of the molecule is COCc1c(S(=O)(=O)Cl)cnn1CCC(F)(F)F. The average molecular weight is 307 g/mol. The fourth-order valence-corrected chi connectivity index (χ4v) is 2.31. The first-order valence-electron chi connectivity index (χ1n) is 4.70. The minimum absolute atomic E-state index is 0.00301. The highest BCUT2D eigenvalue weighted by Crippen LogP contribution is 2.24. The van der Waals surface area contributed by atoms with Gasteiger partial charge in [0.15, 0.2) is 0 Å². The molecule has 1 heterocycles. The molecule has 0 aliphatic rings. The van der Waals surface area contributed by atoms with E-state index in [2.05, 4.69) is 5.10 Å². The lowest BCUT2D eigenvalue weighted by Crippen LogP contribution is -2.15. The van der Waals surface area contributed by atoms with Crippen LogP contribution >= 0.6 is 10.7 Å². The molecule has 0 amide bonds. The third-order valence-electron chi connectivity index (χ3n) is 2.06. The molecule has 104 valence electrons. The van der Waals surface area contributed by atoms with Gasteiger partial charge < -0.3 is 4.74 Å². The van der Waals surface area contributed by atoms with Gasteiger partial charge in [-0.1, -0.05) is 0 Å². The van der Waals surface area contributed by atoms with Gasteiger partial charge in [0.05, 0.1) is 24.9 Å². The van der Waals surface area contributed by atoms with Crippen LogP contribution in [0.15, 0.2) is 11.1 Å². The number of ether oxygens (including phenoxy) is 1. The summed E-state index contributed by atoms with van der Waals surface area (Å²) in [7, 11) is 2.37. The van der Waals surface area contributed by atoms with Crippen LogP contribution in [0.2, 0.25) is 0 Å². The first kappa shape index (κ1) is 15.3. The number of alkyl halides is 3. The van der Waals surface area contributed by atoms with Gasteiger partial charge in [0, 0.05) is 24.3 Å². The Kier molecular flexibility index (Phi) is 4.62. The molecule has 5 nitrogen and oxygen atoms in total. The van der Waals surface area contributed by atoms with Crippen molar-refractivity contribution in [1.29, 1.82) is 0 Å². The van der Waals surface area contributed by atoms with Gasteiger partial charge in [-0.3, -0.25) is 4.68 Å². The summed E-state index contributed by atoms with van der Waals surface area (Å²) in [4.78, 5) is -0.340. The second-order valence-corrected chi connectivity index (χ2v) is 5.95. The van der Waals surface area contributed by atoms with E-state index in [9.17, 15) is 21.6 Å². The van der Waals surface area contributed by atoms with Gasteiger partial charge in [-0.2, -0.15) is 18.3 Å². The first-order valence-corrected chi connectivity index (χ1v) is 7.01. The van der Waals surface area contributed by atoms with Gasteiger partial charge in [0.2, 0.25) is 0 Å². The Balaban J connectivity index is 3.03. The molecule has 0 saturated carbocycles. The molecule has 0 fully saturated rings. The predicted octanol–water partition coefficient (Wildman–Crippen LogP) is 1.91. The summed E-state index contributed by atoms with van der Waals surface area (Å²) in [6.07, 6.45) is -4.56. The van der Waals surface area contributed by atoms with Crippen molar-refractivity contribution in [2.45, 2.75) is 30.6 Å². The molecular weight excluding hydrogens is 297 g/mol. The number of aromatic nitrogens is 2. The van der Waals surface area contributed by atoms with Crippen LogP contribution < -0.4 is 0 Å². The monoisotopic (exact) mass is 306 g/mol. The highest BCUT2D eigenvalue weighted by molar-refractivity contribution is 8.13. The summed E-state index contributed by atoms with van der Waals surface area (Å²) in [6, 6.07) is 0. The summed E-state index contributed by atoms with van der Waals surface area (Å²) in [5.74, 6) is 0. The van der Waals surface area contributed by atoms with E-state index in [0.29, 0.717) is 0 Å². The zero-order valence-corrected chi connectivity index (χ0v) is 10.8. The molecule has 1 rings (SSSR count). The lowest BCUT2D eigenvalue weighted by atomic mass is 10.4. The van der Waals surface area contributed by atoms with Crippen molar-refractivity contribution in [3.05, 3.63) is 11.9 Å². The summed E-state index contributed by atoms with van der Waals surface area (Å²) >= 11 is 0. The van der Waals surface area contributed by atoms with E-state index in [-0.39, 0.29) is 17.2 Å². The summed E-state index contributed by atoms with van der Waals surface area (Å²) in [6.45, 7) is -0.687. The van der Waals surface area contributed by atoms with Crippen molar-refractivity contribution in [3.63, 3.8) is 0 Å². The third kappa shape index (κ3) is 4.14. The normalized spacial score (nSPS) is 12.9. The minimum atomic E-state index is -4.35. The molecule has 1 aromatic heterocycles. The molecule has 0 atom stereocenters. The van der Waals surface area contributed by atoms with Crippen LogP contribution in [0.5, 0.6) is 0 Å². The molecule has 0 bridgehead atoms. The van der Waals surface area contributed by atoms with E-state index >= 15 is 0 Å². The molecule has 0 aromatic carbocycles. The van der Waals surface area contributed by atoms with Crippen LogP contribution in [-0.2, 0) is 26.9 Å². The van der Waals surface area contributed by atoms with Crippen molar-refractivity contribution >= 4 is 19.7 Å². The summed E-state index contributed by atoms with van der Waals surface area (Å²) in [5.41, 5.74) is -0.00301. The van der Waals surface area contributed by atoms with Crippen molar-refractivity contribution in [2.75, 3.05) is 7.11 Å². The molecule has 0 N–H and O–H groups in total. The maximum Gasteiger partial charge on any atom is 0.390 e. The van der Waals surface area contributed by atoms with Crippen LogP contribution in [0.3, 0.4) is 0 Å². The molecule has 0 unspecified atom stereocenters. The Labute approximate surface area is 106 Å². The number of nitrogens with zero attached hydrogens (tertiary/aromatic N) is 2. The number of aryl methyl sites for hydroxylation is 1. The van der Waals surface area contributed by atoms with E-state index < -0.39 is 28.2 Å². The average Bonchev–Trinajstić information content (AvgIpc) is 2.57. The van der Waals surface area contributed by atoms with Gasteiger partial charge in [-0.05, 0) is 0 Å². The fourth-order valence-electron chi connectivity index (χ4n) is 1.30. The largest absolute Gasteiger partial charge is 0.390 e. The van der Waals surface area contributed by atoms with Gasteiger partial charge in [-0.25, -0.2) is 8.42 Å². The predicted molar refractivity (Wildman–Crippen MR) is 56.7 cm³/mol. The molecule has 0 saturated heterocycles. The van der Waals surface area contributed by atoms with Crippen LogP contribution in [0, 0.1) is 0 Å². The molecule has 0 radical (unpaired) electrons. The zero-order valence-electron chi connectivity index (χ0n) is 9.24. The second kappa shape index (κ2) is 5.45. The number of hydrogen-bond acceptors (Lipinski definition) is 4. The Hall–Kier alpha value is -0.800. The second-order valence-electron chi connectivity index (χ2n) is 3.41. The Bertz CT molecular complexity index is 512. The van der Waals surface area contributed by atoms with E-state index in [1.165, 1.54) is 7.11 Å². The fraction of sp³-hybridized carbons (Fsp3) is 0.625. The van der Waals surface area contributed by atoms with Crippen LogP contribution in [0.1, 0.15) is 12.1 Å². The van der Waals surface area contributed by atoms with Crippen molar-refractivity contribution in [2.24, 2.45) is 0 Å². The summed E-state index contributed by atoms with van der Waals surface area (Å²) in [5, 5.41) is 3.58. The third-order valence-corrected chi connectivity index (χ3v) is 3.43. The Morgan fingerprint density at radius 3 is 2.56 bits per heavy atom. The molecule has 10 heteroatoms. The zero-order chi connectivity index (χ0) is 14.0. The van der Waals surface area contributed by atoms with Gasteiger partial charge in [-0.15, -0.1) is 0 Å². The van der Waals surface area contributed by atoms with Crippen LogP contribution in [-0.4, -0.2) is 31.5 Å². The van der Waals surface area contributed by atoms with Crippen LogP contribution in [0.4, 0.5) is 13.2 Å². The number of hydrogen-bond donors (Lipinski definition) is 0. The lowest BCUT2D eigenvalue weighted by molar-refractivity contribution is -0.137. The molecule has 0 aliphatic heterocycles. The topological polar surface area (TPSA) is 61.2 Å². The lowest BCUT2D eigenvalue weighted by Gasteiger charge is -2.09. The number of methoxy groups -OCH3 is 1. The van der Waals surface area contributed by atoms with Crippen molar-refractivity contribution in [3.8, 4) is 0 Å². The molecule has 0 spiro atoms. The molecular formula is C8H10ClF3N2O3S. The van der Waals surface area contributed by atoms with Crippen molar-refractivity contribution in [1.82, 2.24) is 9.78 Å². The summed E-state index contributed by atoms with van der Waals surface area (Å²) < 4.78 is 64.3. The highest BCUT2D eigenvalue weighted by atomic mass is 35.7. The smallest absolute Gasteiger partial charge is 0.378 e. The molecule has 0 aliphatic carbocycles. The van der Waals surface area contributed by atoms with Gasteiger partial charge in [0.1, 0.15) is 4.90 Å². The quantitative estimate of drug-likeness (QED) is 0.780.